The van der Waals surface area contributed by atoms with Crippen LogP contribution in [0.1, 0.15) is 49.2 Å². The minimum Gasteiger partial charge on any atom is -0.394 e. The highest BCUT2D eigenvalue weighted by atomic mass is 16.5. The van der Waals surface area contributed by atoms with Gasteiger partial charge in [0.25, 0.3) is 5.91 Å². The quantitative estimate of drug-likeness (QED) is 0.245. The van der Waals surface area contributed by atoms with Gasteiger partial charge in [-0.25, -0.2) is 4.98 Å². The molecule has 0 spiro atoms. The van der Waals surface area contributed by atoms with E-state index in [4.69, 9.17) is 20.4 Å². The molecule has 1 amide bonds. The maximum Gasteiger partial charge on any atom is 0.251 e. The second-order valence-corrected chi connectivity index (χ2v) is 8.93. The Morgan fingerprint density at radius 1 is 1.22 bits per heavy atom. The zero-order valence-corrected chi connectivity index (χ0v) is 21.6. The number of carbonyl (C=O) groups is 1. The Balaban J connectivity index is 1.76. The van der Waals surface area contributed by atoms with Gasteiger partial charge >= 0.3 is 0 Å². The van der Waals surface area contributed by atoms with Gasteiger partial charge in [0, 0.05) is 38.3 Å². The van der Waals surface area contributed by atoms with E-state index in [0.717, 1.165) is 17.6 Å². The number of benzene rings is 1. The van der Waals surface area contributed by atoms with Crippen LogP contribution in [0.25, 0.3) is 11.2 Å². The molecule has 0 saturated carbocycles. The number of carbonyl (C=O) groups excluding carboxylic acids is 1. The van der Waals surface area contributed by atoms with Gasteiger partial charge in [-0.2, -0.15) is 9.97 Å². The predicted molar refractivity (Wildman–Crippen MR) is 141 cm³/mol. The molecule has 0 unspecified atom stereocenters. The molecular formula is C25H38N8O3. The van der Waals surface area contributed by atoms with Crippen LogP contribution in [-0.4, -0.2) is 76.5 Å². The monoisotopic (exact) mass is 498 g/mol. The van der Waals surface area contributed by atoms with Crippen molar-refractivity contribution in [3.63, 3.8) is 0 Å². The van der Waals surface area contributed by atoms with Crippen molar-refractivity contribution in [3.05, 3.63) is 41.7 Å². The van der Waals surface area contributed by atoms with Crippen molar-refractivity contribution in [2.75, 3.05) is 50.2 Å². The predicted octanol–water partition coefficient (Wildman–Crippen LogP) is 1.93. The van der Waals surface area contributed by atoms with Crippen LogP contribution in [0.4, 0.5) is 11.8 Å². The normalized spacial score (nSPS) is 12.2. The molecule has 0 aliphatic heterocycles. The summed E-state index contributed by atoms with van der Waals surface area (Å²) in [6.45, 7) is 8.51. The van der Waals surface area contributed by atoms with E-state index in [1.807, 2.05) is 47.7 Å². The number of ether oxygens (including phenoxy) is 1. The highest BCUT2D eigenvalue weighted by molar-refractivity contribution is 5.94. The third kappa shape index (κ3) is 6.90. The SMILES string of the molecule is CC[C@H](CO)Nc1nc(N(C)Cc2ccc(C(=O)NCCOCCN)cc2)c2ncn(C(C)C)c2n1. The molecule has 196 valence electrons. The fraction of sp³-hybridized carbons (Fsp3) is 0.520. The maximum atomic E-state index is 12.4. The van der Waals surface area contributed by atoms with E-state index in [0.29, 0.717) is 55.7 Å². The first-order valence-corrected chi connectivity index (χ1v) is 12.4. The van der Waals surface area contributed by atoms with Crippen LogP contribution in [0.3, 0.4) is 0 Å². The first-order chi connectivity index (χ1) is 17.4. The first kappa shape index (κ1) is 27.3. The molecule has 0 bridgehead atoms. The Bertz CT molecular complexity index is 1110. The molecular weight excluding hydrogens is 460 g/mol. The van der Waals surface area contributed by atoms with Gasteiger partial charge < -0.3 is 35.7 Å². The number of rotatable bonds is 14. The minimum atomic E-state index is -0.145. The molecule has 0 saturated heterocycles. The molecule has 36 heavy (non-hydrogen) atoms. The third-order valence-electron chi connectivity index (χ3n) is 5.80. The number of fused-ring (bicyclic) bond motifs is 1. The fourth-order valence-electron chi connectivity index (χ4n) is 3.70. The lowest BCUT2D eigenvalue weighted by molar-refractivity contribution is 0.0920. The van der Waals surface area contributed by atoms with Gasteiger partial charge in [0.2, 0.25) is 5.95 Å². The number of imidazole rings is 1. The van der Waals surface area contributed by atoms with Gasteiger partial charge in [-0.05, 0) is 38.0 Å². The van der Waals surface area contributed by atoms with E-state index in [1.165, 1.54) is 0 Å². The maximum absolute atomic E-state index is 12.4. The molecule has 0 aliphatic rings. The standard InChI is InChI=1S/C25H38N8O3/c1-5-20(15-34)29-25-30-22(21-23(31-25)33(16-28-21)17(2)3)32(4)14-18-6-8-19(9-7-18)24(35)27-11-13-36-12-10-26/h6-9,16-17,20,34H,5,10-15,26H2,1-4H3,(H,27,35)(H,29,30,31)/t20-/m1/s1. The number of aliphatic hydroxyl groups excluding tert-OH is 1. The molecule has 5 N–H and O–H groups in total. The number of nitrogens with one attached hydrogen (secondary N) is 2. The number of anilines is 2. The number of nitrogens with zero attached hydrogens (tertiary/aromatic N) is 5. The van der Waals surface area contributed by atoms with Gasteiger partial charge in [-0.15, -0.1) is 0 Å². The lowest BCUT2D eigenvalue weighted by Gasteiger charge is -2.21. The zero-order valence-electron chi connectivity index (χ0n) is 21.6. The lowest BCUT2D eigenvalue weighted by Crippen LogP contribution is -2.28. The molecule has 0 radical (unpaired) electrons. The van der Waals surface area contributed by atoms with Crippen molar-refractivity contribution in [2.24, 2.45) is 5.73 Å². The van der Waals surface area contributed by atoms with Gasteiger partial charge in [-0.3, -0.25) is 4.79 Å². The van der Waals surface area contributed by atoms with Crippen LogP contribution in [0.15, 0.2) is 30.6 Å². The molecule has 1 aromatic carbocycles. The average molecular weight is 499 g/mol. The van der Waals surface area contributed by atoms with E-state index in [-0.39, 0.29) is 24.6 Å². The van der Waals surface area contributed by atoms with Crippen molar-refractivity contribution < 1.29 is 14.6 Å². The molecule has 3 aromatic rings. The smallest absolute Gasteiger partial charge is 0.251 e. The summed E-state index contributed by atoms with van der Waals surface area (Å²) in [5, 5.41) is 15.7. The number of nitrogens with two attached hydrogens (primary N) is 1. The zero-order chi connectivity index (χ0) is 26.1. The second kappa shape index (κ2) is 13.1. The summed E-state index contributed by atoms with van der Waals surface area (Å²) in [5.41, 5.74) is 8.44. The van der Waals surface area contributed by atoms with Crippen molar-refractivity contribution >= 4 is 28.8 Å². The molecule has 11 nitrogen and oxygen atoms in total. The number of aliphatic hydroxyl groups is 1. The van der Waals surface area contributed by atoms with Crippen molar-refractivity contribution in [3.8, 4) is 0 Å². The molecule has 3 rings (SSSR count). The van der Waals surface area contributed by atoms with Gasteiger partial charge in [-0.1, -0.05) is 19.1 Å². The average Bonchev–Trinajstić information content (AvgIpc) is 3.31. The summed E-state index contributed by atoms with van der Waals surface area (Å²) in [7, 11) is 1.95. The molecule has 0 fully saturated rings. The van der Waals surface area contributed by atoms with Crippen molar-refractivity contribution in [2.45, 2.75) is 45.8 Å². The number of hydrogen-bond donors (Lipinski definition) is 4. The summed E-state index contributed by atoms with van der Waals surface area (Å²) in [4.78, 5) is 28.4. The number of amides is 1. The van der Waals surface area contributed by atoms with Gasteiger partial charge in [0.15, 0.2) is 17.0 Å². The molecule has 2 heterocycles. The van der Waals surface area contributed by atoms with E-state index >= 15 is 0 Å². The Kier molecular flexibility index (Phi) is 9.97. The number of aromatic nitrogens is 4. The Hall–Kier alpha value is -3.28. The van der Waals surface area contributed by atoms with Crippen molar-refractivity contribution in [1.29, 1.82) is 0 Å². The molecule has 2 aromatic heterocycles. The second-order valence-electron chi connectivity index (χ2n) is 8.93. The minimum absolute atomic E-state index is 0.00678. The van der Waals surface area contributed by atoms with Crippen LogP contribution in [-0.2, 0) is 11.3 Å². The van der Waals surface area contributed by atoms with Crippen LogP contribution in [0.5, 0.6) is 0 Å². The number of hydrogen-bond acceptors (Lipinski definition) is 9. The van der Waals surface area contributed by atoms with Gasteiger partial charge in [0.1, 0.15) is 0 Å². The summed E-state index contributed by atoms with van der Waals surface area (Å²) >= 11 is 0. The summed E-state index contributed by atoms with van der Waals surface area (Å²) in [6, 6.07) is 7.52. The van der Waals surface area contributed by atoms with Crippen LogP contribution >= 0.6 is 0 Å². The van der Waals surface area contributed by atoms with E-state index < -0.39 is 0 Å². The van der Waals surface area contributed by atoms with E-state index in [2.05, 4.69) is 29.5 Å². The van der Waals surface area contributed by atoms with E-state index in [1.54, 1.807) is 6.33 Å². The molecule has 0 aliphatic carbocycles. The van der Waals surface area contributed by atoms with Gasteiger partial charge in [0.05, 0.1) is 32.2 Å². The molecule has 11 heteroatoms. The molecule has 1 atom stereocenters. The summed E-state index contributed by atoms with van der Waals surface area (Å²) < 4.78 is 7.29. The Morgan fingerprint density at radius 3 is 2.61 bits per heavy atom. The summed E-state index contributed by atoms with van der Waals surface area (Å²) in [6.07, 6.45) is 2.52. The van der Waals surface area contributed by atoms with Crippen LogP contribution in [0, 0.1) is 0 Å². The largest absolute Gasteiger partial charge is 0.394 e. The summed E-state index contributed by atoms with van der Waals surface area (Å²) in [5.74, 6) is 0.997. The third-order valence-corrected chi connectivity index (χ3v) is 5.80. The highest BCUT2D eigenvalue weighted by Gasteiger charge is 2.19. The van der Waals surface area contributed by atoms with Crippen LogP contribution < -0.4 is 21.3 Å². The Morgan fingerprint density at radius 2 is 1.97 bits per heavy atom. The first-order valence-electron chi connectivity index (χ1n) is 12.4. The highest BCUT2D eigenvalue weighted by Crippen LogP contribution is 2.27. The van der Waals surface area contributed by atoms with Crippen molar-refractivity contribution in [1.82, 2.24) is 24.8 Å². The Labute approximate surface area is 212 Å². The lowest BCUT2D eigenvalue weighted by atomic mass is 10.1. The fourth-order valence-corrected chi connectivity index (χ4v) is 3.70. The topological polar surface area (TPSA) is 143 Å². The van der Waals surface area contributed by atoms with E-state index in [9.17, 15) is 9.90 Å². The van der Waals surface area contributed by atoms with Crippen LogP contribution in [0.2, 0.25) is 0 Å².